The SMILES string of the molecule is CC1CCCC(N(C)S(=O)(=O)c2ccc(CCN)cc2)C1. The minimum absolute atomic E-state index is 0.127. The van der Waals surface area contributed by atoms with Gasteiger partial charge in [0.05, 0.1) is 4.90 Å². The fourth-order valence-electron chi connectivity index (χ4n) is 3.09. The van der Waals surface area contributed by atoms with Crippen LogP contribution in [0.15, 0.2) is 29.2 Å². The van der Waals surface area contributed by atoms with Gasteiger partial charge in [-0.3, -0.25) is 0 Å². The van der Waals surface area contributed by atoms with Crippen LogP contribution in [-0.2, 0) is 16.4 Å². The first-order valence-electron chi connectivity index (χ1n) is 7.72. The minimum atomic E-state index is -3.39. The van der Waals surface area contributed by atoms with E-state index in [0.29, 0.717) is 17.4 Å². The Labute approximate surface area is 128 Å². The van der Waals surface area contributed by atoms with Crippen molar-refractivity contribution in [3.05, 3.63) is 29.8 Å². The van der Waals surface area contributed by atoms with Crippen LogP contribution in [0.1, 0.15) is 38.2 Å². The van der Waals surface area contributed by atoms with Crippen molar-refractivity contribution in [2.45, 2.75) is 50.0 Å². The molecule has 1 fully saturated rings. The van der Waals surface area contributed by atoms with E-state index in [-0.39, 0.29) is 6.04 Å². The fraction of sp³-hybridized carbons (Fsp3) is 0.625. The summed E-state index contributed by atoms with van der Waals surface area (Å²) < 4.78 is 27.0. The second-order valence-corrected chi connectivity index (χ2v) is 8.13. The molecule has 2 unspecified atom stereocenters. The van der Waals surface area contributed by atoms with Crippen LogP contribution < -0.4 is 5.73 Å². The lowest BCUT2D eigenvalue weighted by Gasteiger charge is -2.33. The smallest absolute Gasteiger partial charge is 0.243 e. The average Bonchev–Trinajstić information content (AvgIpc) is 2.47. The van der Waals surface area contributed by atoms with Crippen LogP contribution in [0.3, 0.4) is 0 Å². The molecule has 118 valence electrons. The first-order chi connectivity index (χ1) is 9.95. The third-order valence-corrected chi connectivity index (χ3v) is 6.38. The van der Waals surface area contributed by atoms with Crippen molar-refractivity contribution < 1.29 is 8.42 Å². The Morgan fingerprint density at radius 2 is 1.90 bits per heavy atom. The molecule has 0 heterocycles. The van der Waals surface area contributed by atoms with Crippen molar-refractivity contribution in [3.63, 3.8) is 0 Å². The molecular formula is C16H26N2O2S. The van der Waals surface area contributed by atoms with Gasteiger partial charge in [0.2, 0.25) is 10.0 Å². The Hall–Kier alpha value is -0.910. The van der Waals surface area contributed by atoms with Gasteiger partial charge in [-0.05, 0) is 49.4 Å². The molecule has 0 amide bonds. The molecule has 4 nitrogen and oxygen atoms in total. The van der Waals surface area contributed by atoms with E-state index < -0.39 is 10.0 Å². The number of benzene rings is 1. The van der Waals surface area contributed by atoms with Crippen LogP contribution in [0.4, 0.5) is 0 Å². The summed E-state index contributed by atoms with van der Waals surface area (Å²) in [6, 6.07) is 7.24. The standard InChI is InChI=1S/C16H26N2O2S/c1-13-4-3-5-15(12-13)18(2)21(19,20)16-8-6-14(7-9-16)10-11-17/h6-9,13,15H,3-5,10-12,17H2,1-2H3. The van der Waals surface area contributed by atoms with E-state index in [0.717, 1.165) is 31.2 Å². The Bertz CT molecular complexity index is 554. The van der Waals surface area contributed by atoms with Crippen molar-refractivity contribution in [2.24, 2.45) is 11.7 Å². The van der Waals surface area contributed by atoms with E-state index in [1.807, 2.05) is 12.1 Å². The lowest BCUT2D eigenvalue weighted by atomic mass is 9.87. The van der Waals surface area contributed by atoms with Crippen molar-refractivity contribution >= 4 is 10.0 Å². The zero-order valence-electron chi connectivity index (χ0n) is 13.0. The van der Waals surface area contributed by atoms with Crippen LogP contribution in [0.2, 0.25) is 0 Å². The zero-order chi connectivity index (χ0) is 15.5. The molecule has 1 saturated carbocycles. The summed E-state index contributed by atoms with van der Waals surface area (Å²) in [5.41, 5.74) is 6.59. The zero-order valence-corrected chi connectivity index (χ0v) is 13.8. The molecule has 0 spiro atoms. The highest BCUT2D eigenvalue weighted by atomic mass is 32.2. The molecule has 2 atom stereocenters. The van der Waals surface area contributed by atoms with E-state index in [1.54, 1.807) is 23.5 Å². The molecule has 1 aliphatic rings. The van der Waals surface area contributed by atoms with Crippen molar-refractivity contribution in [1.29, 1.82) is 0 Å². The number of hydrogen-bond acceptors (Lipinski definition) is 3. The maximum absolute atomic E-state index is 12.7. The minimum Gasteiger partial charge on any atom is -0.330 e. The maximum Gasteiger partial charge on any atom is 0.243 e. The van der Waals surface area contributed by atoms with Gasteiger partial charge in [0.25, 0.3) is 0 Å². The molecule has 1 aromatic carbocycles. The van der Waals surface area contributed by atoms with Gasteiger partial charge in [-0.15, -0.1) is 0 Å². The lowest BCUT2D eigenvalue weighted by molar-refractivity contribution is 0.239. The number of sulfonamides is 1. The summed E-state index contributed by atoms with van der Waals surface area (Å²) in [5.74, 6) is 0.605. The highest BCUT2D eigenvalue weighted by Gasteiger charge is 2.30. The predicted molar refractivity (Wildman–Crippen MR) is 85.6 cm³/mol. The molecular weight excluding hydrogens is 284 g/mol. The van der Waals surface area contributed by atoms with Gasteiger partial charge in [-0.1, -0.05) is 31.9 Å². The second-order valence-electron chi connectivity index (χ2n) is 6.13. The molecule has 0 bridgehead atoms. The topological polar surface area (TPSA) is 63.4 Å². The summed E-state index contributed by atoms with van der Waals surface area (Å²) in [7, 11) is -1.68. The Morgan fingerprint density at radius 3 is 2.48 bits per heavy atom. The number of rotatable bonds is 5. The molecule has 0 aliphatic heterocycles. The first-order valence-corrected chi connectivity index (χ1v) is 9.16. The maximum atomic E-state index is 12.7. The summed E-state index contributed by atoms with van der Waals surface area (Å²) in [5, 5.41) is 0. The fourth-order valence-corrected chi connectivity index (χ4v) is 4.49. The molecule has 1 aliphatic carbocycles. The van der Waals surface area contributed by atoms with E-state index in [4.69, 9.17) is 5.73 Å². The molecule has 1 aromatic rings. The molecule has 21 heavy (non-hydrogen) atoms. The number of nitrogens with zero attached hydrogens (tertiary/aromatic N) is 1. The summed E-state index contributed by atoms with van der Waals surface area (Å²) >= 11 is 0. The third kappa shape index (κ3) is 3.84. The molecule has 0 radical (unpaired) electrons. The lowest BCUT2D eigenvalue weighted by Crippen LogP contribution is -2.39. The Morgan fingerprint density at radius 1 is 1.24 bits per heavy atom. The Balaban J connectivity index is 2.16. The van der Waals surface area contributed by atoms with E-state index >= 15 is 0 Å². The van der Waals surface area contributed by atoms with Crippen LogP contribution >= 0.6 is 0 Å². The van der Waals surface area contributed by atoms with Crippen molar-refractivity contribution in [3.8, 4) is 0 Å². The second kappa shape index (κ2) is 6.90. The molecule has 0 aromatic heterocycles. The average molecular weight is 310 g/mol. The molecule has 2 rings (SSSR count). The monoisotopic (exact) mass is 310 g/mol. The predicted octanol–water partition coefficient (Wildman–Crippen LogP) is 2.39. The normalized spacial score (nSPS) is 23.4. The van der Waals surface area contributed by atoms with Gasteiger partial charge in [0, 0.05) is 13.1 Å². The summed E-state index contributed by atoms with van der Waals surface area (Å²) in [4.78, 5) is 0.379. The number of hydrogen-bond donors (Lipinski definition) is 1. The van der Waals surface area contributed by atoms with E-state index in [1.165, 1.54) is 6.42 Å². The largest absolute Gasteiger partial charge is 0.330 e. The van der Waals surface area contributed by atoms with Crippen LogP contribution in [0.25, 0.3) is 0 Å². The van der Waals surface area contributed by atoms with Crippen LogP contribution in [-0.4, -0.2) is 32.4 Å². The van der Waals surface area contributed by atoms with Crippen LogP contribution in [0, 0.1) is 5.92 Å². The first kappa shape index (κ1) is 16.5. The number of nitrogens with two attached hydrogens (primary N) is 1. The summed E-state index contributed by atoms with van der Waals surface area (Å²) in [6.45, 7) is 2.78. The van der Waals surface area contributed by atoms with E-state index in [9.17, 15) is 8.42 Å². The van der Waals surface area contributed by atoms with Crippen molar-refractivity contribution in [1.82, 2.24) is 4.31 Å². The van der Waals surface area contributed by atoms with Gasteiger partial charge >= 0.3 is 0 Å². The van der Waals surface area contributed by atoms with Gasteiger partial charge < -0.3 is 5.73 Å². The van der Waals surface area contributed by atoms with Gasteiger partial charge in [-0.25, -0.2) is 8.42 Å². The van der Waals surface area contributed by atoms with Crippen LogP contribution in [0.5, 0.6) is 0 Å². The third-order valence-electron chi connectivity index (χ3n) is 4.46. The summed E-state index contributed by atoms with van der Waals surface area (Å²) in [6.07, 6.45) is 5.02. The molecule has 2 N–H and O–H groups in total. The van der Waals surface area contributed by atoms with Gasteiger partial charge in [0.15, 0.2) is 0 Å². The molecule has 5 heteroatoms. The highest BCUT2D eigenvalue weighted by molar-refractivity contribution is 7.89. The van der Waals surface area contributed by atoms with Gasteiger partial charge in [0.1, 0.15) is 0 Å². The quantitative estimate of drug-likeness (QED) is 0.908. The van der Waals surface area contributed by atoms with E-state index in [2.05, 4.69) is 6.92 Å². The van der Waals surface area contributed by atoms with Gasteiger partial charge in [-0.2, -0.15) is 4.31 Å². The highest BCUT2D eigenvalue weighted by Crippen LogP contribution is 2.29. The van der Waals surface area contributed by atoms with Crippen molar-refractivity contribution in [2.75, 3.05) is 13.6 Å². The Kier molecular flexibility index (Phi) is 5.41. The molecule has 0 saturated heterocycles.